The summed E-state index contributed by atoms with van der Waals surface area (Å²) in [4.78, 5) is 35.4. The van der Waals surface area contributed by atoms with Crippen LogP contribution >= 0.6 is 7.82 Å². The van der Waals surface area contributed by atoms with E-state index in [0.29, 0.717) is 36.7 Å². The van der Waals surface area contributed by atoms with Gasteiger partial charge in [0.05, 0.1) is 40.0 Å². The molecule has 0 fully saturated rings. The minimum atomic E-state index is -4.46. The van der Waals surface area contributed by atoms with Gasteiger partial charge in [-0.05, 0) is 83.5 Å². The number of nitrogens with zero attached hydrogens (tertiary/aromatic N) is 1. The van der Waals surface area contributed by atoms with Crippen LogP contribution in [0.3, 0.4) is 0 Å². The van der Waals surface area contributed by atoms with Crippen LogP contribution in [0.15, 0.2) is 97.2 Å². The molecule has 0 saturated heterocycles. The second kappa shape index (κ2) is 40.6. The summed E-state index contributed by atoms with van der Waals surface area (Å²) in [5, 5.41) is 20.4. The summed E-state index contributed by atoms with van der Waals surface area (Å²) in [6.07, 6.45) is 46.6. The molecular weight excluding hydrogens is 806 g/mol. The van der Waals surface area contributed by atoms with Gasteiger partial charge in [0.15, 0.2) is 6.10 Å². The first-order valence-corrected chi connectivity index (χ1v) is 24.7. The Kier molecular flexibility index (Phi) is 38.5. The molecule has 12 heteroatoms. The number of carbonyl (C=O) groups excluding carboxylic acids is 2. The van der Waals surface area contributed by atoms with Crippen LogP contribution in [0.5, 0.6) is 0 Å². The number of likely N-dealkylation sites (N-methyl/N-ethyl adjacent to an activating group) is 1. The van der Waals surface area contributed by atoms with Crippen LogP contribution in [0, 0.1) is 0 Å². The predicted octanol–water partition coefficient (Wildman–Crippen LogP) is 11.3. The predicted molar refractivity (Wildman–Crippen MR) is 254 cm³/mol. The second-order valence-electron chi connectivity index (χ2n) is 16.5. The highest BCUT2D eigenvalue weighted by molar-refractivity contribution is 7.47. The first kappa shape index (κ1) is 58.9. The van der Waals surface area contributed by atoms with Gasteiger partial charge in [-0.2, -0.15) is 0 Å². The fourth-order valence-electron chi connectivity index (χ4n) is 5.54. The lowest BCUT2D eigenvalue weighted by atomic mass is 10.1. The van der Waals surface area contributed by atoms with E-state index in [9.17, 15) is 29.3 Å². The fraction of sp³-hybridized carbons (Fsp3) is 0.640. The number of allylic oxidation sites excluding steroid dienone is 13. The Morgan fingerprint density at radius 2 is 1.11 bits per heavy atom. The van der Waals surface area contributed by atoms with E-state index >= 15 is 0 Å². The van der Waals surface area contributed by atoms with E-state index in [1.54, 1.807) is 36.5 Å². The molecule has 0 aliphatic carbocycles. The van der Waals surface area contributed by atoms with E-state index in [0.717, 1.165) is 44.9 Å². The number of ether oxygens (including phenoxy) is 2. The molecule has 3 N–H and O–H groups in total. The van der Waals surface area contributed by atoms with Crippen molar-refractivity contribution in [3.05, 3.63) is 97.2 Å². The number of unbranched alkanes of at least 4 members (excludes halogenated alkanes) is 9. The molecule has 0 aromatic carbocycles. The number of quaternary nitrogens is 1. The Balaban J connectivity index is 4.67. The van der Waals surface area contributed by atoms with Gasteiger partial charge in [-0.3, -0.25) is 18.6 Å². The van der Waals surface area contributed by atoms with Gasteiger partial charge in [0, 0.05) is 12.8 Å². The van der Waals surface area contributed by atoms with E-state index in [2.05, 4.69) is 68.5 Å². The van der Waals surface area contributed by atoms with Gasteiger partial charge in [0.25, 0.3) is 0 Å². The standard InChI is InChI=1S/C50H84NO10P/c1-6-8-10-12-14-15-16-17-18-19-20-21-22-23-24-25-26-28-34-40-49(54)58-44-48(45-60-62(56,57)59-43-42-51(3,4)5)61-50(55)41-35-39-47(53)38-33-30-29-32-37-46(52)36-31-27-13-11-9-7-2/h14-15,17-18,20-21,23-24,27,29-33,37-38,46-48,52-53H,6-13,16,19,22,25-26,28,34-36,39-45H2,1-5H3/p+1/b15-14-,18-17-,21-20-,24-23-,30-29+,31-27-,37-32+,38-33-/t46-,47-,48+/m0/s1. The molecule has 62 heavy (non-hydrogen) atoms. The molecule has 0 amide bonds. The van der Waals surface area contributed by atoms with Crippen LogP contribution in [0.1, 0.15) is 142 Å². The van der Waals surface area contributed by atoms with E-state index in [4.69, 9.17) is 18.5 Å². The molecule has 11 nitrogen and oxygen atoms in total. The summed E-state index contributed by atoms with van der Waals surface area (Å²) in [7, 11) is 1.28. The summed E-state index contributed by atoms with van der Waals surface area (Å²) in [5.74, 6) is -1.09. The maximum atomic E-state index is 12.7. The van der Waals surface area contributed by atoms with E-state index < -0.39 is 44.7 Å². The molecule has 0 aromatic heterocycles. The van der Waals surface area contributed by atoms with Crippen molar-refractivity contribution in [2.45, 2.75) is 161 Å². The third-order valence-electron chi connectivity index (χ3n) is 9.28. The number of hydrogen-bond acceptors (Lipinski definition) is 9. The Morgan fingerprint density at radius 1 is 0.597 bits per heavy atom. The zero-order valence-corrected chi connectivity index (χ0v) is 39.9. The quantitative estimate of drug-likeness (QED) is 0.0136. The molecular formula is C50H85NO10P+. The topological polar surface area (TPSA) is 149 Å². The number of phosphoric ester groups is 1. The monoisotopic (exact) mass is 891 g/mol. The summed E-state index contributed by atoms with van der Waals surface area (Å²) in [6, 6.07) is 0. The van der Waals surface area contributed by atoms with Gasteiger partial charge < -0.3 is 29.1 Å². The van der Waals surface area contributed by atoms with Gasteiger partial charge in [-0.25, -0.2) is 4.57 Å². The second-order valence-corrected chi connectivity index (χ2v) is 17.9. The molecule has 0 heterocycles. The minimum Gasteiger partial charge on any atom is -0.462 e. The fourth-order valence-corrected chi connectivity index (χ4v) is 6.28. The molecule has 0 aliphatic rings. The SMILES string of the molecule is CCCCC/C=C\C/C=C\C/C=C\C/C=C\CCCCCC(=O)OC[C@H](COP(=O)(O)OCC[N+](C)(C)C)OC(=O)CCC[C@@H](O)\C=C/C=C/C=C/[C@@H](O)C/C=C\CCCCC. The molecule has 0 aromatic rings. The molecule has 0 aliphatic heterocycles. The van der Waals surface area contributed by atoms with Crippen LogP contribution in [0.25, 0.3) is 0 Å². The number of esters is 2. The maximum Gasteiger partial charge on any atom is 0.472 e. The normalized spacial score (nSPS) is 15.4. The summed E-state index contributed by atoms with van der Waals surface area (Å²) < 4.78 is 34.1. The number of rotatable bonds is 40. The Hall–Kier alpha value is -3.15. The smallest absolute Gasteiger partial charge is 0.462 e. The lowest BCUT2D eigenvalue weighted by Gasteiger charge is -2.24. The first-order valence-electron chi connectivity index (χ1n) is 23.2. The molecule has 1 unspecified atom stereocenters. The van der Waals surface area contributed by atoms with Crippen molar-refractivity contribution in [3.8, 4) is 0 Å². The van der Waals surface area contributed by atoms with Crippen LogP contribution in [-0.2, 0) is 32.7 Å². The molecule has 0 saturated carbocycles. The van der Waals surface area contributed by atoms with Crippen molar-refractivity contribution in [1.82, 2.24) is 0 Å². The Bertz CT molecular complexity index is 1410. The van der Waals surface area contributed by atoms with Gasteiger partial charge in [0.2, 0.25) is 0 Å². The summed E-state index contributed by atoms with van der Waals surface area (Å²) >= 11 is 0. The van der Waals surface area contributed by atoms with Crippen LogP contribution < -0.4 is 0 Å². The van der Waals surface area contributed by atoms with Gasteiger partial charge in [-0.1, -0.05) is 143 Å². The number of hydrogen-bond donors (Lipinski definition) is 3. The Labute approximate surface area is 376 Å². The lowest BCUT2D eigenvalue weighted by molar-refractivity contribution is -0.870. The molecule has 0 rings (SSSR count). The van der Waals surface area contributed by atoms with E-state index in [-0.39, 0.29) is 26.1 Å². The molecule has 0 spiro atoms. The third kappa shape index (κ3) is 43.5. The van der Waals surface area contributed by atoms with Gasteiger partial charge in [0.1, 0.15) is 19.8 Å². The number of phosphoric acid groups is 1. The zero-order chi connectivity index (χ0) is 46.0. The zero-order valence-electron chi connectivity index (χ0n) is 39.0. The van der Waals surface area contributed by atoms with Crippen molar-refractivity contribution in [3.63, 3.8) is 0 Å². The average molecular weight is 891 g/mol. The first-order chi connectivity index (χ1) is 29.8. The number of carbonyl (C=O) groups is 2. The van der Waals surface area contributed by atoms with Crippen LogP contribution in [-0.4, -0.2) is 97.3 Å². The van der Waals surface area contributed by atoms with E-state index in [1.807, 2.05) is 27.2 Å². The van der Waals surface area contributed by atoms with Crippen molar-refractivity contribution >= 4 is 19.8 Å². The van der Waals surface area contributed by atoms with Gasteiger partial charge >= 0.3 is 19.8 Å². The highest BCUT2D eigenvalue weighted by Gasteiger charge is 2.27. The van der Waals surface area contributed by atoms with Crippen molar-refractivity contribution < 1.29 is 52.3 Å². The minimum absolute atomic E-state index is 0.0252. The lowest BCUT2D eigenvalue weighted by Crippen LogP contribution is -2.37. The van der Waals surface area contributed by atoms with Crippen molar-refractivity contribution in [2.24, 2.45) is 0 Å². The van der Waals surface area contributed by atoms with Crippen LogP contribution in [0.4, 0.5) is 0 Å². The summed E-state index contributed by atoms with van der Waals surface area (Å²) in [6.45, 7) is 3.98. The van der Waals surface area contributed by atoms with Crippen molar-refractivity contribution in [1.29, 1.82) is 0 Å². The number of aliphatic hydroxyl groups excluding tert-OH is 2. The van der Waals surface area contributed by atoms with E-state index in [1.165, 1.54) is 44.9 Å². The largest absolute Gasteiger partial charge is 0.472 e. The maximum absolute atomic E-state index is 12.7. The highest BCUT2D eigenvalue weighted by atomic mass is 31.2. The molecule has 0 bridgehead atoms. The third-order valence-corrected chi connectivity index (χ3v) is 10.3. The summed E-state index contributed by atoms with van der Waals surface area (Å²) in [5.41, 5.74) is 0. The van der Waals surface area contributed by atoms with Crippen molar-refractivity contribution in [2.75, 3.05) is 47.5 Å². The molecule has 4 atom stereocenters. The van der Waals surface area contributed by atoms with Crippen LogP contribution in [0.2, 0.25) is 0 Å². The highest BCUT2D eigenvalue weighted by Crippen LogP contribution is 2.43. The Morgan fingerprint density at radius 3 is 1.68 bits per heavy atom. The molecule has 354 valence electrons. The number of aliphatic hydroxyl groups is 2. The van der Waals surface area contributed by atoms with Gasteiger partial charge in [-0.15, -0.1) is 0 Å². The average Bonchev–Trinajstić information content (AvgIpc) is 3.21. The molecule has 0 radical (unpaired) electrons.